The van der Waals surface area contributed by atoms with Crippen LogP contribution in [0.15, 0.2) is 36.4 Å². The van der Waals surface area contributed by atoms with E-state index in [1.54, 1.807) is 0 Å². The molecular weight excluding hydrogens is 401 g/mol. The van der Waals surface area contributed by atoms with Gasteiger partial charge in [-0.3, -0.25) is 0 Å². The molecule has 0 saturated heterocycles. The molecule has 2 aromatic rings. The van der Waals surface area contributed by atoms with E-state index >= 15 is 0 Å². The number of ether oxygens (including phenoxy) is 2. The Morgan fingerprint density at radius 1 is 1.09 bits per heavy atom. The number of halogens is 1. The predicted octanol–water partition coefficient (Wildman–Crippen LogP) is 4.32. The Balaban J connectivity index is 2.05. The van der Waals surface area contributed by atoms with Crippen molar-refractivity contribution in [3.8, 4) is 11.5 Å². The molecule has 3 nitrogen and oxygen atoms in total. The highest BCUT2D eigenvalue weighted by molar-refractivity contribution is 14.1. The zero-order chi connectivity index (χ0) is 16.2. The third kappa shape index (κ3) is 3.63. The van der Waals surface area contributed by atoms with E-state index in [4.69, 9.17) is 9.47 Å². The van der Waals surface area contributed by atoms with Crippen LogP contribution in [0.5, 0.6) is 11.5 Å². The first kappa shape index (κ1) is 16.6. The van der Waals surface area contributed by atoms with Gasteiger partial charge in [0, 0.05) is 10.1 Å². The lowest BCUT2D eigenvalue weighted by molar-refractivity contribution is 0.286. The van der Waals surface area contributed by atoms with E-state index in [1.165, 1.54) is 20.3 Å². The highest BCUT2D eigenvalue weighted by Crippen LogP contribution is 2.38. The molecule has 0 aromatic heterocycles. The topological polar surface area (TPSA) is 30.5 Å². The first-order chi connectivity index (χ1) is 11.2. The van der Waals surface area contributed by atoms with Crippen LogP contribution in [0.2, 0.25) is 0 Å². The fourth-order valence-electron chi connectivity index (χ4n) is 3.08. The molecule has 122 valence electrons. The van der Waals surface area contributed by atoms with Gasteiger partial charge in [-0.1, -0.05) is 12.1 Å². The van der Waals surface area contributed by atoms with Crippen LogP contribution < -0.4 is 14.8 Å². The van der Waals surface area contributed by atoms with Crippen LogP contribution in [0, 0.1) is 3.57 Å². The maximum atomic E-state index is 5.81. The van der Waals surface area contributed by atoms with E-state index in [1.807, 2.05) is 13.8 Å². The minimum Gasteiger partial charge on any atom is -0.490 e. The van der Waals surface area contributed by atoms with Crippen molar-refractivity contribution in [2.75, 3.05) is 19.8 Å². The molecule has 0 aliphatic carbocycles. The Hall–Kier alpha value is -1.27. The third-order valence-corrected chi connectivity index (χ3v) is 4.71. The zero-order valence-corrected chi connectivity index (χ0v) is 15.7. The van der Waals surface area contributed by atoms with E-state index in [-0.39, 0.29) is 6.04 Å². The standard InChI is InChI=1S/C19H22INO2/c1-3-22-17-11-13-8-9-21-19(14-6-5-7-15(20)10-14)16(13)12-18(17)23-4-2/h5-7,10-12,19,21H,3-4,8-9H2,1-2H3/t19-/m1/s1. The molecule has 0 fully saturated rings. The van der Waals surface area contributed by atoms with Crippen molar-refractivity contribution in [1.29, 1.82) is 0 Å². The molecular formula is C19H22INO2. The minimum absolute atomic E-state index is 0.211. The van der Waals surface area contributed by atoms with Crippen LogP contribution in [-0.4, -0.2) is 19.8 Å². The van der Waals surface area contributed by atoms with E-state index in [0.717, 1.165) is 24.5 Å². The summed E-state index contributed by atoms with van der Waals surface area (Å²) >= 11 is 2.37. The van der Waals surface area contributed by atoms with E-state index in [9.17, 15) is 0 Å². The Morgan fingerprint density at radius 3 is 2.52 bits per heavy atom. The summed E-state index contributed by atoms with van der Waals surface area (Å²) in [5.74, 6) is 1.70. The lowest BCUT2D eigenvalue weighted by Crippen LogP contribution is -2.30. The lowest BCUT2D eigenvalue weighted by Gasteiger charge is -2.29. The largest absolute Gasteiger partial charge is 0.490 e. The summed E-state index contributed by atoms with van der Waals surface area (Å²) in [5.41, 5.74) is 3.94. The molecule has 0 amide bonds. The molecule has 0 bridgehead atoms. The SMILES string of the molecule is CCOc1cc2c(cc1OCC)[C@@H](c1cccc(I)c1)NCC2. The molecule has 2 aromatic carbocycles. The number of nitrogens with one attached hydrogen (secondary N) is 1. The first-order valence-corrected chi connectivity index (χ1v) is 9.22. The van der Waals surface area contributed by atoms with E-state index in [2.05, 4.69) is 64.3 Å². The van der Waals surface area contributed by atoms with Crippen molar-refractivity contribution in [3.05, 3.63) is 56.7 Å². The van der Waals surface area contributed by atoms with Gasteiger partial charge in [0.1, 0.15) is 0 Å². The second-order valence-electron chi connectivity index (χ2n) is 5.56. The number of fused-ring (bicyclic) bond motifs is 1. The maximum absolute atomic E-state index is 5.81. The van der Waals surface area contributed by atoms with Gasteiger partial charge in [-0.2, -0.15) is 0 Å². The highest BCUT2D eigenvalue weighted by Gasteiger charge is 2.24. The average molecular weight is 423 g/mol. The van der Waals surface area contributed by atoms with Crippen molar-refractivity contribution in [3.63, 3.8) is 0 Å². The fraction of sp³-hybridized carbons (Fsp3) is 0.368. The lowest BCUT2D eigenvalue weighted by atomic mass is 9.89. The van der Waals surface area contributed by atoms with Gasteiger partial charge in [-0.05, 0) is 83.8 Å². The molecule has 1 heterocycles. The van der Waals surface area contributed by atoms with Crippen LogP contribution in [0.1, 0.15) is 36.6 Å². The number of hydrogen-bond acceptors (Lipinski definition) is 3. The van der Waals surface area contributed by atoms with E-state index in [0.29, 0.717) is 13.2 Å². The van der Waals surface area contributed by atoms with Gasteiger partial charge in [0.05, 0.1) is 19.3 Å². The molecule has 0 unspecified atom stereocenters. The van der Waals surface area contributed by atoms with Gasteiger partial charge in [-0.25, -0.2) is 0 Å². The quantitative estimate of drug-likeness (QED) is 0.727. The van der Waals surface area contributed by atoms with Gasteiger partial charge in [0.25, 0.3) is 0 Å². The average Bonchev–Trinajstić information content (AvgIpc) is 2.55. The van der Waals surface area contributed by atoms with Gasteiger partial charge in [0.15, 0.2) is 11.5 Å². The van der Waals surface area contributed by atoms with Crippen LogP contribution >= 0.6 is 22.6 Å². The molecule has 1 atom stereocenters. The summed E-state index contributed by atoms with van der Waals surface area (Å²) < 4.78 is 12.8. The van der Waals surface area contributed by atoms with Crippen LogP contribution in [0.4, 0.5) is 0 Å². The molecule has 1 aliphatic heterocycles. The third-order valence-electron chi connectivity index (χ3n) is 4.04. The van der Waals surface area contributed by atoms with Crippen molar-refractivity contribution in [1.82, 2.24) is 5.32 Å². The summed E-state index contributed by atoms with van der Waals surface area (Å²) in [6.45, 7) is 6.27. The van der Waals surface area contributed by atoms with Crippen molar-refractivity contribution < 1.29 is 9.47 Å². The molecule has 0 spiro atoms. The molecule has 0 radical (unpaired) electrons. The number of rotatable bonds is 5. The zero-order valence-electron chi connectivity index (χ0n) is 13.6. The van der Waals surface area contributed by atoms with E-state index < -0.39 is 0 Å². The van der Waals surface area contributed by atoms with Gasteiger partial charge in [0.2, 0.25) is 0 Å². The fourth-order valence-corrected chi connectivity index (χ4v) is 3.65. The van der Waals surface area contributed by atoms with Crippen LogP contribution in [0.25, 0.3) is 0 Å². The predicted molar refractivity (Wildman–Crippen MR) is 101 cm³/mol. The Morgan fingerprint density at radius 2 is 1.83 bits per heavy atom. The normalized spacial score (nSPS) is 16.7. The minimum atomic E-state index is 0.211. The molecule has 1 aliphatic rings. The van der Waals surface area contributed by atoms with Crippen molar-refractivity contribution in [2.24, 2.45) is 0 Å². The Bertz CT molecular complexity index is 687. The van der Waals surface area contributed by atoms with Gasteiger partial charge in [-0.15, -0.1) is 0 Å². The molecule has 3 rings (SSSR count). The maximum Gasteiger partial charge on any atom is 0.161 e. The van der Waals surface area contributed by atoms with Crippen LogP contribution in [-0.2, 0) is 6.42 Å². The first-order valence-electron chi connectivity index (χ1n) is 8.14. The van der Waals surface area contributed by atoms with Gasteiger partial charge >= 0.3 is 0 Å². The van der Waals surface area contributed by atoms with Gasteiger partial charge < -0.3 is 14.8 Å². The summed E-state index contributed by atoms with van der Waals surface area (Å²) in [6, 6.07) is 13.2. The molecule has 23 heavy (non-hydrogen) atoms. The Kier molecular flexibility index (Phi) is 5.43. The second-order valence-corrected chi connectivity index (χ2v) is 6.80. The number of benzene rings is 2. The summed E-state index contributed by atoms with van der Waals surface area (Å²) in [6.07, 6.45) is 1.02. The smallest absolute Gasteiger partial charge is 0.161 e. The number of hydrogen-bond donors (Lipinski definition) is 1. The highest BCUT2D eigenvalue weighted by atomic mass is 127. The molecule has 4 heteroatoms. The Labute approximate surface area is 151 Å². The summed E-state index contributed by atoms with van der Waals surface area (Å²) in [4.78, 5) is 0. The monoisotopic (exact) mass is 423 g/mol. The summed E-state index contributed by atoms with van der Waals surface area (Å²) in [5, 5.41) is 3.64. The van der Waals surface area contributed by atoms with Crippen molar-refractivity contribution >= 4 is 22.6 Å². The van der Waals surface area contributed by atoms with Crippen molar-refractivity contribution in [2.45, 2.75) is 26.3 Å². The van der Waals surface area contributed by atoms with Crippen LogP contribution in [0.3, 0.4) is 0 Å². The molecule has 0 saturated carbocycles. The second kappa shape index (κ2) is 7.53. The molecule has 1 N–H and O–H groups in total. The summed E-state index contributed by atoms with van der Waals surface area (Å²) in [7, 11) is 0.